The summed E-state index contributed by atoms with van der Waals surface area (Å²) in [5, 5.41) is 2.69. The van der Waals surface area contributed by atoms with Crippen LogP contribution in [0.15, 0.2) is 36.4 Å². The van der Waals surface area contributed by atoms with Gasteiger partial charge < -0.3 is 4.90 Å². The predicted octanol–water partition coefficient (Wildman–Crippen LogP) is 3.48. The zero-order chi connectivity index (χ0) is 11.1. The van der Waals surface area contributed by atoms with Crippen molar-refractivity contribution >= 4 is 22.5 Å². The van der Waals surface area contributed by atoms with E-state index in [2.05, 4.69) is 61.5 Å². The Bertz CT molecular complexity index is 579. The Balaban J connectivity index is 2.34. The first-order chi connectivity index (χ1) is 7.75. The van der Waals surface area contributed by atoms with Crippen LogP contribution in [0.5, 0.6) is 0 Å². The van der Waals surface area contributed by atoms with Crippen LogP contribution in [0.4, 0.5) is 5.69 Å². The molecular formula is C15H15N. The number of fused-ring (bicyclic) bond motifs is 2. The molecule has 0 N–H and O–H groups in total. The molecule has 0 bridgehead atoms. The highest BCUT2D eigenvalue weighted by atomic mass is 15.1. The molecule has 0 heterocycles. The fourth-order valence-electron chi connectivity index (χ4n) is 2.41. The van der Waals surface area contributed by atoms with E-state index >= 15 is 0 Å². The van der Waals surface area contributed by atoms with Gasteiger partial charge in [-0.15, -0.1) is 0 Å². The van der Waals surface area contributed by atoms with E-state index < -0.39 is 0 Å². The Kier molecular flexibility index (Phi) is 2.00. The molecule has 0 unspecified atom stereocenters. The molecule has 1 heteroatoms. The van der Waals surface area contributed by atoms with E-state index in [1.54, 1.807) is 0 Å². The lowest BCUT2D eigenvalue weighted by atomic mass is 10.0. The summed E-state index contributed by atoms with van der Waals surface area (Å²) in [5.74, 6) is 0. The maximum Gasteiger partial charge on any atom is 0.0440 e. The van der Waals surface area contributed by atoms with Crippen molar-refractivity contribution in [2.45, 2.75) is 6.42 Å². The number of hydrogen-bond acceptors (Lipinski definition) is 1. The maximum atomic E-state index is 2.32. The molecule has 0 saturated carbocycles. The van der Waals surface area contributed by atoms with Crippen LogP contribution in [0.1, 0.15) is 11.1 Å². The summed E-state index contributed by atoms with van der Waals surface area (Å²) in [6, 6.07) is 11.1. The summed E-state index contributed by atoms with van der Waals surface area (Å²) in [6.45, 7) is 0. The quantitative estimate of drug-likeness (QED) is 0.695. The molecule has 80 valence electrons. The lowest BCUT2D eigenvalue weighted by Gasteiger charge is -2.16. The molecule has 3 rings (SSSR count). The molecule has 0 fully saturated rings. The van der Waals surface area contributed by atoms with Gasteiger partial charge in [-0.05, 0) is 35.1 Å². The van der Waals surface area contributed by atoms with E-state index in [0.717, 1.165) is 6.42 Å². The monoisotopic (exact) mass is 209 g/mol. The van der Waals surface area contributed by atoms with Gasteiger partial charge in [0.05, 0.1) is 0 Å². The number of nitrogens with zero attached hydrogens (tertiary/aromatic N) is 1. The molecule has 2 aromatic carbocycles. The number of hydrogen-bond donors (Lipinski definition) is 0. The number of rotatable bonds is 1. The molecule has 0 saturated heterocycles. The Labute approximate surface area is 96.0 Å². The van der Waals surface area contributed by atoms with Crippen LogP contribution < -0.4 is 4.90 Å². The van der Waals surface area contributed by atoms with Gasteiger partial charge in [0.1, 0.15) is 0 Å². The van der Waals surface area contributed by atoms with Crippen LogP contribution in [-0.4, -0.2) is 14.1 Å². The van der Waals surface area contributed by atoms with Gasteiger partial charge in [0.25, 0.3) is 0 Å². The first-order valence-corrected chi connectivity index (χ1v) is 5.65. The zero-order valence-electron chi connectivity index (χ0n) is 9.70. The van der Waals surface area contributed by atoms with Gasteiger partial charge in [-0.3, -0.25) is 0 Å². The zero-order valence-corrected chi connectivity index (χ0v) is 9.70. The van der Waals surface area contributed by atoms with Crippen molar-refractivity contribution in [2.24, 2.45) is 0 Å². The molecule has 0 atom stereocenters. The highest BCUT2D eigenvalue weighted by Crippen LogP contribution is 2.31. The summed E-state index contributed by atoms with van der Waals surface area (Å²) in [5.41, 5.74) is 4.12. The summed E-state index contributed by atoms with van der Waals surface area (Å²) >= 11 is 0. The first kappa shape index (κ1) is 9.46. The van der Waals surface area contributed by atoms with Crippen LogP contribution in [0, 0.1) is 0 Å². The fraction of sp³-hybridized carbons (Fsp3) is 0.200. The lowest BCUT2D eigenvalue weighted by molar-refractivity contribution is 1.14. The molecule has 0 radical (unpaired) electrons. The van der Waals surface area contributed by atoms with Crippen molar-refractivity contribution in [3.05, 3.63) is 47.5 Å². The molecule has 0 aliphatic heterocycles. The molecule has 0 aromatic heterocycles. The van der Waals surface area contributed by atoms with Gasteiger partial charge >= 0.3 is 0 Å². The van der Waals surface area contributed by atoms with Crippen molar-refractivity contribution in [3.63, 3.8) is 0 Å². The van der Waals surface area contributed by atoms with Gasteiger partial charge in [0.2, 0.25) is 0 Å². The second-order valence-electron chi connectivity index (χ2n) is 4.55. The van der Waals surface area contributed by atoms with Gasteiger partial charge in [-0.25, -0.2) is 0 Å². The molecular weight excluding hydrogens is 194 g/mol. The largest absolute Gasteiger partial charge is 0.377 e. The highest BCUT2D eigenvalue weighted by Gasteiger charge is 2.09. The Hall–Kier alpha value is -1.76. The Morgan fingerprint density at radius 2 is 2.00 bits per heavy atom. The van der Waals surface area contributed by atoms with Crippen molar-refractivity contribution < 1.29 is 0 Å². The second-order valence-corrected chi connectivity index (χ2v) is 4.55. The normalized spacial score (nSPS) is 13.1. The third-order valence-electron chi connectivity index (χ3n) is 3.23. The minimum Gasteiger partial charge on any atom is -0.377 e. The summed E-state index contributed by atoms with van der Waals surface area (Å²) in [4.78, 5) is 2.17. The van der Waals surface area contributed by atoms with Crippen molar-refractivity contribution in [2.75, 3.05) is 19.0 Å². The molecule has 0 amide bonds. The minimum absolute atomic E-state index is 1.08. The SMILES string of the molecule is CN(C)c1cccc2cc3c(cc12)C=CC3. The smallest absolute Gasteiger partial charge is 0.0440 e. The highest BCUT2D eigenvalue weighted by molar-refractivity contribution is 5.96. The Morgan fingerprint density at radius 1 is 1.12 bits per heavy atom. The third-order valence-corrected chi connectivity index (χ3v) is 3.23. The van der Waals surface area contributed by atoms with Crippen LogP contribution in [0.25, 0.3) is 16.8 Å². The summed E-state index contributed by atoms with van der Waals surface area (Å²) in [6.07, 6.45) is 5.54. The molecule has 1 aliphatic carbocycles. The number of anilines is 1. The molecule has 16 heavy (non-hydrogen) atoms. The van der Waals surface area contributed by atoms with Gasteiger partial charge in [0.15, 0.2) is 0 Å². The maximum absolute atomic E-state index is 2.32. The average Bonchev–Trinajstić information content (AvgIpc) is 2.71. The van der Waals surface area contributed by atoms with Crippen LogP contribution >= 0.6 is 0 Å². The van der Waals surface area contributed by atoms with E-state index in [1.807, 2.05) is 0 Å². The third kappa shape index (κ3) is 1.32. The molecule has 1 aliphatic rings. The van der Waals surface area contributed by atoms with E-state index in [-0.39, 0.29) is 0 Å². The number of allylic oxidation sites excluding steroid dienone is 1. The summed E-state index contributed by atoms with van der Waals surface area (Å²) in [7, 11) is 4.19. The second kappa shape index (κ2) is 3.38. The van der Waals surface area contributed by atoms with Crippen LogP contribution in [-0.2, 0) is 6.42 Å². The van der Waals surface area contributed by atoms with E-state index in [1.165, 1.54) is 27.6 Å². The average molecular weight is 209 g/mol. The topological polar surface area (TPSA) is 3.24 Å². The summed E-state index contributed by atoms with van der Waals surface area (Å²) < 4.78 is 0. The molecule has 2 aromatic rings. The van der Waals surface area contributed by atoms with E-state index in [9.17, 15) is 0 Å². The first-order valence-electron chi connectivity index (χ1n) is 5.65. The number of benzene rings is 2. The van der Waals surface area contributed by atoms with Gasteiger partial charge in [0, 0.05) is 25.2 Å². The standard InChI is InChI=1S/C15H15N/c1-16(2)15-8-4-7-13-9-11-5-3-6-12(11)10-14(13)15/h3-4,6-10H,5H2,1-2H3. The molecule has 1 nitrogen and oxygen atoms in total. The van der Waals surface area contributed by atoms with E-state index in [0.29, 0.717) is 0 Å². The fourth-order valence-corrected chi connectivity index (χ4v) is 2.41. The van der Waals surface area contributed by atoms with Gasteiger partial charge in [-0.1, -0.05) is 30.4 Å². The van der Waals surface area contributed by atoms with E-state index in [4.69, 9.17) is 0 Å². The predicted molar refractivity (Wildman–Crippen MR) is 71.0 cm³/mol. The minimum atomic E-state index is 1.08. The van der Waals surface area contributed by atoms with Crippen LogP contribution in [0.2, 0.25) is 0 Å². The van der Waals surface area contributed by atoms with Crippen molar-refractivity contribution in [1.29, 1.82) is 0 Å². The van der Waals surface area contributed by atoms with Crippen LogP contribution in [0.3, 0.4) is 0 Å². The Morgan fingerprint density at radius 3 is 2.81 bits per heavy atom. The van der Waals surface area contributed by atoms with Gasteiger partial charge in [-0.2, -0.15) is 0 Å². The van der Waals surface area contributed by atoms with Crippen molar-refractivity contribution in [3.8, 4) is 0 Å². The van der Waals surface area contributed by atoms with Crippen molar-refractivity contribution in [1.82, 2.24) is 0 Å². The lowest BCUT2D eigenvalue weighted by Crippen LogP contribution is -2.08. The molecule has 0 spiro atoms.